The zero-order valence-electron chi connectivity index (χ0n) is 12.8. The van der Waals surface area contributed by atoms with E-state index in [0.717, 1.165) is 17.5 Å². The van der Waals surface area contributed by atoms with E-state index < -0.39 is 0 Å². The summed E-state index contributed by atoms with van der Waals surface area (Å²) in [5.74, 6) is 2.23. The summed E-state index contributed by atoms with van der Waals surface area (Å²) in [6.07, 6.45) is 5.72. The first-order chi connectivity index (χ1) is 9.69. The number of hydrogen-bond acceptors (Lipinski definition) is 4. The van der Waals surface area contributed by atoms with Gasteiger partial charge in [-0.1, -0.05) is 13.8 Å². The second-order valence-corrected chi connectivity index (χ2v) is 5.87. The van der Waals surface area contributed by atoms with Gasteiger partial charge >= 0.3 is 0 Å². The summed E-state index contributed by atoms with van der Waals surface area (Å²) in [4.78, 5) is 4.32. The van der Waals surface area contributed by atoms with Crippen LogP contribution in [0.15, 0.2) is 18.3 Å². The molecule has 0 aliphatic heterocycles. The van der Waals surface area contributed by atoms with Gasteiger partial charge in [-0.3, -0.25) is 0 Å². The average Bonchev–Trinajstić information content (AvgIpc) is 2.44. The van der Waals surface area contributed by atoms with Crippen LogP contribution in [0.4, 0.5) is 5.69 Å². The molecule has 1 fully saturated rings. The summed E-state index contributed by atoms with van der Waals surface area (Å²) in [6, 6.07) is 4.52. The first-order valence-electron chi connectivity index (χ1n) is 7.53. The summed E-state index contributed by atoms with van der Waals surface area (Å²) >= 11 is 0. The van der Waals surface area contributed by atoms with Crippen molar-refractivity contribution in [2.24, 2.45) is 11.8 Å². The van der Waals surface area contributed by atoms with Crippen molar-refractivity contribution in [1.29, 1.82) is 0 Å². The zero-order valence-corrected chi connectivity index (χ0v) is 12.8. The average molecular weight is 278 g/mol. The van der Waals surface area contributed by atoms with E-state index in [1.165, 1.54) is 19.3 Å². The molecule has 112 valence electrons. The molecule has 0 amide bonds. The highest BCUT2D eigenvalue weighted by Gasteiger charge is 2.25. The largest absolute Gasteiger partial charge is 0.475 e. The molecular formula is C16H26N2O2. The molecule has 2 rings (SSSR count). The minimum absolute atomic E-state index is 0.536. The van der Waals surface area contributed by atoms with E-state index in [1.807, 2.05) is 18.3 Å². The Hall–Kier alpha value is -1.29. The SMILES string of the molecule is COCCOc1ccc(NC2CCC(C)CC2C)cn1. The molecule has 0 bridgehead atoms. The molecule has 1 aromatic heterocycles. The first-order valence-corrected chi connectivity index (χ1v) is 7.53. The number of anilines is 1. The van der Waals surface area contributed by atoms with Crippen molar-refractivity contribution >= 4 is 5.69 Å². The van der Waals surface area contributed by atoms with Crippen molar-refractivity contribution in [3.8, 4) is 5.88 Å². The van der Waals surface area contributed by atoms with Gasteiger partial charge in [0.15, 0.2) is 0 Å². The molecule has 20 heavy (non-hydrogen) atoms. The summed E-state index contributed by atoms with van der Waals surface area (Å²) in [7, 11) is 1.66. The molecule has 3 atom stereocenters. The van der Waals surface area contributed by atoms with Crippen LogP contribution in [0.3, 0.4) is 0 Å². The predicted octanol–water partition coefficient (Wildman–Crippen LogP) is 3.34. The second-order valence-electron chi connectivity index (χ2n) is 5.87. The van der Waals surface area contributed by atoms with Crippen LogP contribution in [0.5, 0.6) is 5.88 Å². The quantitative estimate of drug-likeness (QED) is 0.810. The summed E-state index contributed by atoms with van der Waals surface area (Å²) in [5, 5.41) is 3.60. The van der Waals surface area contributed by atoms with Gasteiger partial charge in [-0.25, -0.2) is 4.98 Å². The fourth-order valence-electron chi connectivity index (χ4n) is 2.87. The number of pyridine rings is 1. The molecule has 0 aromatic carbocycles. The third-order valence-electron chi connectivity index (χ3n) is 4.06. The fourth-order valence-corrected chi connectivity index (χ4v) is 2.87. The Morgan fingerprint density at radius 1 is 1.25 bits per heavy atom. The lowest BCUT2D eigenvalue weighted by Gasteiger charge is -2.33. The van der Waals surface area contributed by atoms with Gasteiger partial charge in [0.2, 0.25) is 5.88 Å². The highest BCUT2D eigenvalue weighted by Crippen LogP contribution is 2.30. The van der Waals surface area contributed by atoms with Crippen molar-refractivity contribution in [2.75, 3.05) is 25.6 Å². The molecule has 0 saturated heterocycles. The number of aromatic nitrogens is 1. The van der Waals surface area contributed by atoms with Gasteiger partial charge in [-0.15, -0.1) is 0 Å². The number of ether oxygens (including phenoxy) is 2. The van der Waals surface area contributed by atoms with Crippen LogP contribution >= 0.6 is 0 Å². The highest BCUT2D eigenvalue weighted by molar-refractivity contribution is 5.43. The first kappa shape index (κ1) is 15.1. The third kappa shape index (κ3) is 4.37. The molecular weight excluding hydrogens is 252 g/mol. The highest BCUT2D eigenvalue weighted by atomic mass is 16.5. The van der Waals surface area contributed by atoms with Gasteiger partial charge in [0.05, 0.1) is 18.5 Å². The second kappa shape index (κ2) is 7.48. The van der Waals surface area contributed by atoms with Crippen molar-refractivity contribution in [3.05, 3.63) is 18.3 Å². The van der Waals surface area contributed by atoms with Gasteiger partial charge in [0.1, 0.15) is 6.61 Å². The molecule has 0 radical (unpaired) electrons. The van der Waals surface area contributed by atoms with Gasteiger partial charge < -0.3 is 14.8 Å². The Bertz CT molecular complexity index is 394. The predicted molar refractivity (Wildman–Crippen MR) is 81.2 cm³/mol. The van der Waals surface area contributed by atoms with Crippen molar-refractivity contribution in [2.45, 2.75) is 39.2 Å². The van der Waals surface area contributed by atoms with E-state index in [4.69, 9.17) is 9.47 Å². The molecule has 1 saturated carbocycles. The lowest BCUT2D eigenvalue weighted by atomic mass is 9.80. The molecule has 1 aromatic rings. The van der Waals surface area contributed by atoms with Crippen LogP contribution < -0.4 is 10.1 Å². The maximum atomic E-state index is 5.46. The summed E-state index contributed by atoms with van der Waals surface area (Å²) in [6.45, 7) is 5.80. The Labute approximate surface area is 121 Å². The number of rotatable bonds is 6. The van der Waals surface area contributed by atoms with Crippen LogP contribution in [-0.4, -0.2) is 31.3 Å². The molecule has 1 N–H and O–H groups in total. The van der Waals surface area contributed by atoms with Gasteiger partial charge in [0.25, 0.3) is 0 Å². The fraction of sp³-hybridized carbons (Fsp3) is 0.688. The molecule has 4 nitrogen and oxygen atoms in total. The minimum atomic E-state index is 0.536. The maximum Gasteiger partial charge on any atom is 0.213 e. The van der Waals surface area contributed by atoms with E-state index in [9.17, 15) is 0 Å². The molecule has 1 heterocycles. The lowest BCUT2D eigenvalue weighted by Crippen LogP contribution is -2.33. The normalized spacial score (nSPS) is 26.2. The molecule has 4 heteroatoms. The third-order valence-corrected chi connectivity index (χ3v) is 4.06. The lowest BCUT2D eigenvalue weighted by molar-refractivity contribution is 0.144. The molecule has 0 spiro atoms. The van der Waals surface area contributed by atoms with Crippen molar-refractivity contribution in [3.63, 3.8) is 0 Å². The van der Waals surface area contributed by atoms with E-state index in [1.54, 1.807) is 7.11 Å². The van der Waals surface area contributed by atoms with Gasteiger partial charge in [-0.2, -0.15) is 0 Å². The Morgan fingerprint density at radius 2 is 2.10 bits per heavy atom. The topological polar surface area (TPSA) is 43.4 Å². The van der Waals surface area contributed by atoms with E-state index in [-0.39, 0.29) is 0 Å². The summed E-state index contributed by atoms with van der Waals surface area (Å²) < 4.78 is 10.4. The number of methoxy groups -OCH3 is 1. The molecule has 1 aliphatic rings. The Balaban J connectivity index is 1.84. The minimum Gasteiger partial charge on any atom is -0.475 e. The smallest absolute Gasteiger partial charge is 0.213 e. The molecule has 3 unspecified atom stereocenters. The van der Waals surface area contributed by atoms with Crippen LogP contribution in [0, 0.1) is 11.8 Å². The van der Waals surface area contributed by atoms with Crippen molar-refractivity contribution in [1.82, 2.24) is 4.98 Å². The van der Waals surface area contributed by atoms with Gasteiger partial charge in [0, 0.05) is 19.2 Å². The number of nitrogens with zero attached hydrogens (tertiary/aromatic N) is 1. The van der Waals surface area contributed by atoms with E-state index >= 15 is 0 Å². The number of nitrogens with one attached hydrogen (secondary N) is 1. The van der Waals surface area contributed by atoms with Crippen LogP contribution in [0.25, 0.3) is 0 Å². The zero-order chi connectivity index (χ0) is 14.4. The van der Waals surface area contributed by atoms with Gasteiger partial charge in [-0.05, 0) is 37.2 Å². The van der Waals surface area contributed by atoms with Crippen LogP contribution in [-0.2, 0) is 4.74 Å². The maximum absolute atomic E-state index is 5.46. The van der Waals surface area contributed by atoms with Crippen LogP contribution in [0.1, 0.15) is 33.1 Å². The standard InChI is InChI=1S/C16H26N2O2/c1-12-4-6-15(13(2)10-12)18-14-5-7-16(17-11-14)20-9-8-19-3/h5,7,11-13,15,18H,4,6,8-10H2,1-3H3. The molecule has 1 aliphatic carbocycles. The van der Waals surface area contributed by atoms with E-state index in [2.05, 4.69) is 24.1 Å². The van der Waals surface area contributed by atoms with Crippen molar-refractivity contribution < 1.29 is 9.47 Å². The Morgan fingerprint density at radius 3 is 2.75 bits per heavy atom. The summed E-state index contributed by atoms with van der Waals surface area (Å²) in [5.41, 5.74) is 1.08. The van der Waals surface area contributed by atoms with E-state index in [0.29, 0.717) is 25.1 Å². The monoisotopic (exact) mass is 278 g/mol. The number of hydrogen-bond donors (Lipinski definition) is 1. The van der Waals surface area contributed by atoms with Crippen LogP contribution in [0.2, 0.25) is 0 Å². The Kier molecular flexibility index (Phi) is 5.65.